The maximum absolute atomic E-state index is 10.6. The first-order valence-electron chi connectivity index (χ1n) is 11.3. The van der Waals surface area contributed by atoms with Crippen molar-refractivity contribution in [3.8, 4) is 0 Å². The molecule has 1 aromatic carbocycles. The molecule has 0 unspecified atom stereocenters. The summed E-state index contributed by atoms with van der Waals surface area (Å²) in [5.41, 5.74) is 3.77. The van der Waals surface area contributed by atoms with Crippen molar-refractivity contribution < 1.29 is 14.4 Å². The van der Waals surface area contributed by atoms with Crippen LogP contribution in [-0.4, -0.2) is 29.5 Å². The summed E-state index contributed by atoms with van der Waals surface area (Å²) < 4.78 is 12.6. The molecule has 3 fully saturated rings. The Balaban J connectivity index is 1.42. The number of hydrogen-bond acceptors (Lipinski definition) is 3. The van der Waals surface area contributed by atoms with Crippen LogP contribution in [0.3, 0.4) is 0 Å². The molecule has 0 amide bonds. The number of aryl methyl sites for hydroxylation is 1. The van der Waals surface area contributed by atoms with Gasteiger partial charge in [0.1, 0.15) is 0 Å². The zero-order chi connectivity index (χ0) is 19.9. The molecular weight excluding hydrogens is 347 g/mol. The Morgan fingerprint density at radius 2 is 1.68 bits per heavy atom. The summed E-state index contributed by atoms with van der Waals surface area (Å²) in [5, 5.41) is 10.6. The monoisotopic (exact) mass is 382 g/mol. The van der Waals surface area contributed by atoms with Crippen LogP contribution in [0.15, 0.2) is 18.2 Å². The minimum atomic E-state index is -0.296. The Morgan fingerprint density at radius 1 is 0.964 bits per heavy atom. The highest BCUT2D eigenvalue weighted by Crippen LogP contribution is 2.60. The predicted molar refractivity (Wildman–Crippen MR) is 113 cm³/mol. The molecule has 1 saturated heterocycles. The zero-order valence-electron chi connectivity index (χ0n) is 18.1. The minimum Gasteiger partial charge on any atom is -0.399 e. The number of rotatable bonds is 1. The third-order valence-corrected chi connectivity index (χ3v) is 9.23. The first-order chi connectivity index (χ1) is 13.1. The van der Waals surface area contributed by atoms with Crippen LogP contribution in [0.25, 0.3) is 0 Å². The maximum atomic E-state index is 10.6. The molecule has 0 radical (unpaired) electrons. The fourth-order valence-electron chi connectivity index (χ4n) is 6.70. The number of benzene rings is 1. The van der Waals surface area contributed by atoms with Crippen LogP contribution in [0.1, 0.15) is 83.8 Å². The van der Waals surface area contributed by atoms with Crippen LogP contribution in [0.5, 0.6) is 0 Å². The van der Waals surface area contributed by atoms with E-state index in [4.69, 9.17) is 9.31 Å². The lowest BCUT2D eigenvalue weighted by atomic mass is 9.55. The van der Waals surface area contributed by atoms with Crippen LogP contribution in [0.2, 0.25) is 0 Å². The van der Waals surface area contributed by atoms with Crippen molar-refractivity contribution in [3.63, 3.8) is 0 Å². The Hall–Kier alpha value is -0.835. The van der Waals surface area contributed by atoms with Gasteiger partial charge in [-0.25, -0.2) is 0 Å². The van der Waals surface area contributed by atoms with Crippen molar-refractivity contribution in [2.24, 2.45) is 17.3 Å². The highest BCUT2D eigenvalue weighted by atomic mass is 16.7. The Morgan fingerprint density at radius 3 is 2.39 bits per heavy atom. The smallest absolute Gasteiger partial charge is 0.399 e. The van der Waals surface area contributed by atoms with E-state index in [0.717, 1.165) is 24.2 Å². The molecule has 0 aromatic heterocycles. The quantitative estimate of drug-likeness (QED) is 0.740. The Bertz CT molecular complexity index is 772. The van der Waals surface area contributed by atoms with E-state index in [1.54, 1.807) is 5.56 Å². The van der Waals surface area contributed by atoms with Crippen molar-refractivity contribution in [3.05, 3.63) is 29.3 Å². The van der Waals surface area contributed by atoms with Crippen molar-refractivity contribution >= 4 is 12.6 Å². The summed E-state index contributed by atoms with van der Waals surface area (Å²) in [6, 6.07) is 6.95. The second kappa shape index (κ2) is 6.09. The topological polar surface area (TPSA) is 38.7 Å². The SMILES string of the molecule is CC1(C)OB(c2ccc3c(c2)CC[C@@H]2[C@@H]3CC[C@]3(C)[C@@H](O)CC[C@@H]23)OC1(C)C. The van der Waals surface area contributed by atoms with Gasteiger partial charge in [-0.1, -0.05) is 25.1 Å². The second-order valence-electron chi connectivity index (χ2n) is 11.1. The molecule has 4 heteroatoms. The lowest BCUT2D eigenvalue weighted by molar-refractivity contribution is -0.0226. The van der Waals surface area contributed by atoms with E-state index in [1.807, 2.05) is 0 Å². The number of aliphatic hydroxyl groups is 1. The summed E-state index contributed by atoms with van der Waals surface area (Å²) in [5.74, 6) is 2.10. The molecule has 5 atom stereocenters. The molecule has 2 saturated carbocycles. The van der Waals surface area contributed by atoms with Gasteiger partial charge >= 0.3 is 7.12 Å². The fraction of sp³-hybridized carbons (Fsp3) is 0.750. The fourth-order valence-corrected chi connectivity index (χ4v) is 6.70. The molecule has 1 aromatic rings. The Kier molecular flexibility index (Phi) is 4.16. The highest BCUT2D eigenvalue weighted by Gasteiger charge is 2.55. The first kappa shape index (κ1) is 19.1. The number of fused-ring (bicyclic) bond motifs is 5. The summed E-state index contributed by atoms with van der Waals surface area (Å²) in [6.45, 7) is 10.8. The van der Waals surface area contributed by atoms with E-state index in [-0.39, 0.29) is 29.8 Å². The third-order valence-electron chi connectivity index (χ3n) is 9.23. The van der Waals surface area contributed by atoms with Crippen LogP contribution < -0.4 is 5.46 Å². The van der Waals surface area contributed by atoms with Gasteiger partial charge in [0.2, 0.25) is 0 Å². The predicted octanol–water partition coefficient (Wildman–Crippen LogP) is 4.20. The number of aliphatic hydroxyl groups excluding tert-OH is 1. The van der Waals surface area contributed by atoms with E-state index < -0.39 is 0 Å². The average molecular weight is 382 g/mol. The minimum absolute atomic E-state index is 0.0920. The molecule has 1 aliphatic heterocycles. The molecule has 3 aliphatic carbocycles. The normalized spacial score (nSPS) is 40.7. The van der Waals surface area contributed by atoms with Crippen LogP contribution in [0, 0.1) is 17.3 Å². The van der Waals surface area contributed by atoms with E-state index in [0.29, 0.717) is 11.8 Å². The van der Waals surface area contributed by atoms with E-state index in [9.17, 15) is 5.11 Å². The first-order valence-corrected chi connectivity index (χ1v) is 11.3. The molecule has 0 spiro atoms. The van der Waals surface area contributed by atoms with Gasteiger partial charge in [-0.3, -0.25) is 0 Å². The third kappa shape index (κ3) is 2.60. The lowest BCUT2D eigenvalue weighted by Crippen LogP contribution is -2.44. The van der Waals surface area contributed by atoms with E-state index in [1.165, 1.54) is 31.2 Å². The van der Waals surface area contributed by atoms with E-state index in [2.05, 4.69) is 52.8 Å². The molecule has 0 bridgehead atoms. The molecule has 1 heterocycles. The average Bonchev–Trinajstić information content (AvgIpc) is 3.06. The highest BCUT2D eigenvalue weighted by molar-refractivity contribution is 6.62. The number of hydrogen-bond donors (Lipinski definition) is 1. The summed E-state index contributed by atoms with van der Waals surface area (Å²) in [6.07, 6.45) is 6.91. The zero-order valence-corrected chi connectivity index (χ0v) is 18.1. The van der Waals surface area contributed by atoms with Crippen LogP contribution >= 0.6 is 0 Å². The van der Waals surface area contributed by atoms with Crippen molar-refractivity contribution in [1.29, 1.82) is 0 Å². The van der Waals surface area contributed by atoms with Crippen molar-refractivity contribution in [2.45, 2.75) is 96.4 Å². The van der Waals surface area contributed by atoms with Gasteiger partial charge < -0.3 is 14.4 Å². The van der Waals surface area contributed by atoms with Crippen LogP contribution in [-0.2, 0) is 15.7 Å². The molecular formula is C24H35BO3. The summed E-state index contributed by atoms with van der Waals surface area (Å²) >= 11 is 0. The van der Waals surface area contributed by atoms with Crippen molar-refractivity contribution in [1.82, 2.24) is 0 Å². The van der Waals surface area contributed by atoms with Gasteiger partial charge in [0.15, 0.2) is 0 Å². The van der Waals surface area contributed by atoms with Gasteiger partial charge in [-0.05, 0) is 106 Å². The van der Waals surface area contributed by atoms with Gasteiger partial charge in [-0.15, -0.1) is 0 Å². The molecule has 1 N–H and O–H groups in total. The Labute approximate surface area is 170 Å². The van der Waals surface area contributed by atoms with Crippen LogP contribution in [0.4, 0.5) is 0 Å². The van der Waals surface area contributed by atoms with E-state index >= 15 is 0 Å². The molecule has 4 aliphatic rings. The van der Waals surface area contributed by atoms with Gasteiger partial charge in [0.05, 0.1) is 17.3 Å². The molecule has 28 heavy (non-hydrogen) atoms. The summed E-state index contributed by atoms with van der Waals surface area (Å²) in [4.78, 5) is 0. The van der Waals surface area contributed by atoms with Gasteiger partial charge in [-0.2, -0.15) is 0 Å². The maximum Gasteiger partial charge on any atom is 0.494 e. The lowest BCUT2D eigenvalue weighted by Gasteiger charge is -2.50. The molecule has 3 nitrogen and oxygen atoms in total. The van der Waals surface area contributed by atoms with Gasteiger partial charge in [0.25, 0.3) is 0 Å². The standard InChI is InChI=1S/C24H35BO3/c1-22(2)23(3,4)28-25(27-22)16-7-9-17-15(14-16)6-8-19-18(17)12-13-24(5)20(19)10-11-21(24)26/h7,9,14,18-21,26H,6,8,10-13H2,1-5H3/t18-,19-,20+,21+,24+/m1/s1. The molecule has 152 valence electrons. The van der Waals surface area contributed by atoms with Crippen molar-refractivity contribution in [2.75, 3.05) is 0 Å². The summed E-state index contributed by atoms with van der Waals surface area (Å²) in [7, 11) is -0.271. The molecule has 5 rings (SSSR count). The van der Waals surface area contributed by atoms with Gasteiger partial charge in [0, 0.05) is 0 Å². The largest absolute Gasteiger partial charge is 0.494 e. The second-order valence-corrected chi connectivity index (χ2v) is 11.1.